The molecule has 1 rings (SSSR count). The SMILES string of the molecule is CC(CCN)Nc1cncc(N)c1. The van der Waals surface area contributed by atoms with Crippen LogP contribution in [0.1, 0.15) is 13.3 Å². The summed E-state index contributed by atoms with van der Waals surface area (Å²) in [5.74, 6) is 0. The van der Waals surface area contributed by atoms with Crippen molar-refractivity contribution >= 4 is 11.4 Å². The van der Waals surface area contributed by atoms with Crippen molar-refractivity contribution in [3.8, 4) is 0 Å². The summed E-state index contributed by atoms with van der Waals surface area (Å²) in [6, 6.07) is 2.22. The molecule has 0 radical (unpaired) electrons. The number of nitrogens with zero attached hydrogens (tertiary/aromatic N) is 1. The fourth-order valence-corrected chi connectivity index (χ4v) is 1.14. The van der Waals surface area contributed by atoms with E-state index in [9.17, 15) is 0 Å². The molecule has 1 atom stereocenters. The summed E-state index contributed by atoms with van der Waals surface area (Å²) >= 11 is 0. The molecular weight excluding hydrogens is 164 g/mol. The normalized spacial score (nSPS) is 12.5. The third-order valence-electron chi connectivity index (χ3n) is 1.77. The van der Waals surface area contributed by atoms with Crippen molar-refractivity contribution in [2.45, 2.75) is 19.4 Å². The van der Waals surface area contributed by atoms with Crippen molar-refractivity contribution < 1.29 is 0 Å². The van der Waals surface area contributed by atoms with Crippen molar-refractivity contribution in [3.63, 3.8) is 0 Å². The van der Waals surface area contributed by atoms with Crippen molar-refractivity contribution in [3.05, 3.63) is 18.5 Å². The van der Waals surface area contributed by atoms with E-state index in [0.717, 1.165) is 12.1 Å². The predicted octanol–water partition coefficient (Wildman–Crippen LogP) is 0.813. The highest BCUT2D eigenvalue weighted by Crippen LogP contribution is 2.11. The van der Waals surface area contributed by atoms with Gasteiger partial charge in [-0.2, -0.15) is 0 Å². The number of nitrogens with one attached hydrogen (secondary N) is 1. The summed E-state index contributed by atoms with van der Waals surface area (Å²) in [6.07, 6.45) is 4.32. The molecule has 0 aliphatic carbocycles. The zero-order chi connectivity index (χ0) is 9.68. The Bertz CT molecular complexity index is 262. The van der Waals surface area contributed by atoms with E-state index in [1.54, 1.807) is 12.4 Å². The smallest absolute Gasteiger partial charge is 0.0549 e. The number of hydrogen-bond acceptors (Lipinski definition) is 4. The highest BCUT2D eigenvalue weighted by molar-refractivity contribution is 5.51. The zero-order valence-corrected chi connectivity index (χ0v) is 7.83. The van der Waals surface area contributed by atoms with Crippen molar-refractivity contribution in [1.82, 2.24) is 4.98 Å². The van der Waals surface area contributed by atoms with E-state index in [2.05, 4.69) is 17.2 Å². The van der Waals surface area contributed by atoms with Gasteiger partial charge in [-0.05, 0) is 26.0 Å². The summed E-state index contributed by atoms with van der Waals surface area (Å²) in [6.45, 7) is 2.76. The third kappa shape index (κ3) is 3.29. The first-order valence-corrected chi connectivity index (χ1v) is 4.39. The van der Waals surface area contributed by atoms with Crippen LogP contribution in [-0.4, -0.2) is 17.6 Å². The Morgan fingerprint density at radius 1 is 1.54 bits per heavy atom. The molecule has 0 aliphatic rings. The second kappa shape index (κ2) is 4.67. The van der Waals surface area contributed by atoms with E-state index < -0.39 is 0 Å². The molecule has 5 N–H and O–H groups in total. The first kappa shape index (κ1) is 9.80. The molecule has 0 spiro atoms. The van der Waals surface area contributed by atoms with E-state index in [1.165, 1.54) is 0 Å². The van der Waals surface area contributed by atoms with Crippen molar-refractivity contribution in [1.29, 1.82) is 0 Å². The van der Waals surface area contributed by atoms with E-state index >= 15 is 0 Å². The summed E-state index contributed by atoms with van der Waals surface area (Å²) < 4.78 is 0. The molecule has 1 heterocycles. The lowest BCUT2D eigenvalue weighted by Gasteiger charge is -2.13. The van der Waals surface area contributed by atoms with Gasteiger partial charge in [0.2, 0.25) is 0 Å². The summed E-state index contributed by atoms with van der Waals surface area (Å²) in [7, 11) is 0. The molecule has 72 valence electrons. The van der Waals surface area contributed by atoms with Crippen LogP contribution < -0.4 is 16.8 Å². The lowest BCUT2D eigenvalue weighted by atomic mass is 10.2. The Hall–Kier alpha value is -1.29. The summed E-state index contributed by atoms with van der Waals surface area (Å²) in [5.41, 5.74) is 12.6. The Morgan fingerprint density at radius 3 is 2.92 bits per heavy atom. The number of nitrogens with two attached hydrogens (primary N) is 2. The van der Waals surface area contributed by atoms with Crippen molar-refractivity contribution in [2.24, 2.45) is 5.73 Å². The lowest BCUT2D eigenvalue weighted by molar-refractivity contribution is 0.716. The maximum atomic E-state index is 5.58. The Balaban J connectivity index is 2.53. The van der Waals surface area contributed by atoms with E-state index in [-0.39, 0.29) is 0 Å². The Morgan fingerprint density at radius 2 is 2.31 bits per heavy atom. The first-order valence-electron chi connectivity index (χ1n) is 4.39. The minimum atomic E-state index is 0.355. The highest BCUT2D eigenvalue weighted by atomic mass is 14.9. The number of aromatic nitrogens is 1. The average Bonchev–Trinajstić information content (AvgIpc) is 2.04. The number of rotatable bonds is 4. The minimum absolute atomic E-state index is 0.355. The van der Waals surface area contributed by atoms with E-state index in [4.69, 9.17) is 11.5 Å². The number of anilines is 2. The molecule has 0 bridgehead atoms. The van der Waals surface area contributed by atoms with E-state index in [1.807, 2.05) is 6.07 Å². The molecule has 13 heavy (non-hydrogen) atoms. The second-order valence-corrected chi connectivity index (χ2v) is 3.13. The van der Waals surface area contributed by atoms with Gasteiger partial charge >= 0.3 is 0 Å². The quantitative estimate of drug-likeness (QED) is 0.641. The van der Waals surface area contributed by atoms with Gasteiger partial charge in [-0.15, -0.1) is 0 Å². The molecule has 0 aliphatic heterocycles. The molecule has 1 aromatic heterocycles. The van der Waals surface area contributed by atoms with Gasteiger partial charge in [0.1, 0.15) is 0 Å². The molecule has 0 saturated heterocycles. The highest BCUT2D eigenvalue weighted by Gasteiger charge is 2.00. The van der Waals surface area contributed by atoms with Crippen LogP contribution in [0.2, 0.25) is 0 Å². The van der Waals surface area contributed by atoms with Crippen LogP contribution in [0, 0.1) is 0 Å². The fourth-order valence-electron chi connectivity index (χ4n) is 1.14. The van der Waals surface area contributed by atoms with Gasteiger partial charge < -0.3 is 16.8 Å². The molecule has 1 aromatic rings. The topological polar surface area (TPSA) is 77.0 Å². The molecule has 0 saturated carbocycles. The average molecular weight is 180 g/mol. The van der Waals surface area contributed by atoms with Crippen LogP contribution in [0.15, 0.2) is 18.5 Å². The molecule has 4 heteroatoms. The molecule has 0 amide bonds. The minimum Gasteiger partial charge on any atom is -0.397 e. The molecule has 0 aromatic carbocycles. The number of nitrogen functional groups attached to an aromatic ring is 1. The van der Waals surface area contributed by atoms with Gasteiger partial charge in [-0.3, -0.25) is 4.98 Å². The number of hydrogen-bond donors (Lipinski definition) is 3. The van der Waals surface area contributed by atoms with Gasteiger partial charge in [0.15, 0.2) is 0 Å². The molecule has 4 nitrogen and oxygen atoms in total. The maximum Gasteiger partial charge on any atom is 0.0549 e. The first-order chi connectivity index (χ1) is 6.22. The van der Waals surface area contributed by atoms with Crippen LogP contribution in [0.5, 0.6) is 0 Å². The van der Waals surface area contributed by atoms with E-state index in [0.29, 0.717) is 18.3 Å². The molecule has 0 fully saturated rings. The Labute approximate surface area is 78.3 Å². The van der Waals surface area contributed by atoms with Gasteiger partial charge in [0, 0.05) is 12.2 Å². The van der Waals surface area contributed by atoms with Gasteiger partial charge in [-0.25, -0.2) is 0 Å². The zero-order valence-electron chi connectivity index (χ0n) is 7.83. The Kier molecular flexibility index (Phi) is 3.52. The molecular formula is C9H16N4. The second-order valence-electron chi connectivity index (χ2n) is 3.13. The summed E-state index contributed by atoms with van der Waals surface area (Å²) in [4.78, 5) is 3.98. The van der Waals surface area contributed by atoms with Gasteiger partial charge in [-0.1, -0.05) is 0 Å². The number of pyridine rings is 1. The van der Waals surface area contributed by atoms with Crippen LogP contribution >= 0.6 is 0 Å². The van der Waals surface area contributed by atoms with Gasteiger partial charge in [0.25, 0.3) is 0 Å². The van der Waals surface area contributed by atoms with Crippen LogP contribution in [0.25, 0.3) is 0 Å². The van der Waals surface area contributed by atoms with Crippen molar-refractivity contribution in [2.75, 3.05) is 17.6 Å². The monoisotopic (exact) mass is 180 g/mol. The standard InChI is InChI=1S/C9H16N4/c1-7(2-3-10)13-9-4-8(11)5-12-6-9/h4-7,13H,2-3,10-11H2,1H3. The third-order valence-corrected chi connectivity index (χ3v) is 1.77. The maximum absolute atomic E-state index is 5.58. The fraction of sp³-hybridized carbons (Fsp3) is 0.444. The van der Waals surface area contributed by atoms with Crippen LogP contribution in [0.4, 0.5) is 11.4 Å². The molecule has 1 unspecified atom stereocenters. The predicted molar refractivity (Wildman–Crippen MR) is 55.4 cm³/mol. The lowest BCUT2D eigenvalue weighted by Crippen LogP contribution is -2.19. The summed E-state index contributed by atoms with van der Waals surface area (Å²) in [5, 5.41) is 3.26. The largest absolute Gasteiger partial charge is 0.397 e. The van der Waals surface area contributed by atoms with Crippen LogP contribution in [-0.2, 0) is 0 Å². The van der Waals surface area contributed by atoms with Crippen LogP contribution in [0.3, 0.4) is 0 Å². The van der Waals surface area contributed by atoms with Gasteiger partial charge in [0.05, 0.1) is 17.6 Å².